The topological polar surface area (TPSA) is 66.4 Å². The third-order valence-electron chi connectivity index (χ3n) is 3.19. The molecule has 0 atom stereocenters. The first-order chi connectivity index (χ1) is 9.97. The molecule has 0 aliphatic heterocycles. The lowest BCUT2D eigenvalue weighted by atomic mass is 10.1. The van der Waals surface area contributed by atoms with Crippen molar-refractivity contribution < 1.29 is 13.5 Å². The number of anilines is 1. The van der Waals surface area contributed by atoms with E-state index in [1.165, 1.54) is 0 Å². The van der Waals surface area contributed by atoms with Crippen LogP contribution in [0.4, 0.5) is 5.69 Å². The number of para-hydroxylation sites is 1. The lowest BCUT2D eigenvalue weighted by Gasteiger charge is -2.11. The van der Waals surface area contributed by atoms with Crippen molar-refractivity contribution in [2.24, 2.45) is 0 Å². The van der Waals surface area contributed by atoms with Crippen LogP contribution in [0.1, 0.15) is 29.3 Å². The summed E-state index contributed by atoms with van der Waals surface area (Å²) in [5.74, 6) is 0. The fourth-order valence-electron chi connectivity index (χ4n) is 2.08. The Morgan fingerprint density at radius 2 is 2.00 bits per heavy atom. The molecule has 0 amide bonds. The van der Waals surface area contributed by atoms with Crippen molar-refractivity contribution in [3.8, 4) is 0 Å². The van der Waals surface area contributed by atoms with E-state index in [0.717, 1.165) is 35.3 Å². The van der Waals surface area contributed by atoms with Crippen LogP contribution in [0.2, 0.25) is 0 Å². The van der Waals surface area contributed by atoms with E-state index in [1.54, 1.807) is 19.1 Å². The normalized spacial score (nSPS) is 11.6. The molecule has 0 saturated carbocycles. The maximum absolute atomic E-state index is 12.5. The zero-order valence-corrected chi connectivity index (χ0v) is 13.7. The predicted octanol–water partition coefficient (Wildman–Crippen LogP) is 3.30. The van der Waals surface area contributed by atoms with Crippen molar-refractivity contribution in [1.29, 1.82) is 0 Å². The summed E-state index contributed by atoms with van der Waals surface area (Å²) < 4.78 is 27.8. The van der Waals surface area contributed by atoms with Gasteiger partial charge in [0.1, 0.15) is 4.21 Å². The Labute approximate surface area is 129 Å². The molecule has 4 nitrogen and oxygen atoms in total. The van der Waals surface area contributed by atoms with Crippen LogP contribution in [-0.4, -0.2) is 13.5 Å². The van der Waals surface area contributed by atoms with E-state index in [2.05, 4.69) is 11.6 Å². The number of nitrogens with one attached hydrogen (secondary N) is 1. The molecule has 0 aliphatic rings. The first kappa shape index (κ1) is 16.0. The van der Waals surface area contributed by atoms with E-state index in [9.17, 15) is 13.5 Å². The molecule has 6 heteroatoms. The number of sulfonamides is 1. The van der Waals surface area contributed by atoms with Gasteiger partial charge in [0, 0.05) is 4.88 Å². The molecule has 21 heavy (non-hydrogen) atoms. The second kappa shape index (κ2) is 6.60. The minimum absolute atomic E-state index is 0.140. The fourth-order valence-corrected chi connectivity index (χ4v) is 4.63. The highest BCUT2D eigenvalue weighted by atomic mass is 32.2. The zero-order valence-electron chi connectivity index (χ0n) is 12.1. The molecule has 0 saturated heterocycles. The number of thiophene rings is 1. The zero-order chi connectivity index (χ0) is 15.5. The minimum atomic E-state index is -3.61. The summed E-state index contributed by atoms with van der Waals surface area (Å²) in [6.07, 6.45) is 1.77. The van der Waals surface area contributed by atoms with Gasteiger partial charge in [0.25, 0.3) is 10.0 Å². The second-order valence-electron chi connectivity index (χ2n) is 4.84. The number of aliphatic hydroxyl groups is 1. The Kier molecular flexibility index (Phi) is 5.03. The number of benzene rings is 1. The molecule has 1 aromatic heterocycles. The Balaban J connectivity index is 2.33. The number of hydrogen-bond donors (Lipinski definition) is 2. The van der Waals surface area contributed by atoms with Crippen LogP contribution in [0.3, 0.4) is 0 Å². The van der Waals surface area contributed by atoms with Gasteiger partial charge < -0.3 is 5.11 Å². The van der Waals surface area contributed by atoms with Gasteiger partial charge in [-0.15, -0.1) is 11.3 Å². The Bertz CT molecular complexity index is 720. The number of aryl methyl sites for hydroxylation is 2. The van der Waals surface area contributed by atoms with Crippen LogP contribution in [0.5, 0.6) is 0 Å². The van der Waals surface area contributed by atoms with Crippen LogP contribution >= 0.6 is 11.3 Å². The van der Waals surface area contributed by atoms with Crippen molar-refractivity contribution in [2.45, 2.75) is 37.5 Å². The number of hydrogen-bond acceptors (Lipinski definition) is 4. The molecule has 1 aromatic carbocycles. The monoisotopic (exact) mass is 325 g/mol. The third-order valence-corrected chi connectivity index (χ3v) is 6.25. The molecule has 2 aromatic rings. The molecule has 0 aliphatic carbocycles. The van der Waals surface area contributed by atoms with E-state index in [0.29, 0.717) is 10.6 Å². The molecule has 114 valence electrons. The van der Waals surface area contributed by atoms with Crippen LogP contribution in [0, 0.1) is 6.92 Å². The second-order valence-corrected chi connectivity index (χ2v) is 7.89. The fraction of sp³-hybridized carbons (Fsp3) is 0.333. The van der Waals surface area contributed by atoms with Gasteiger partial charge in [-0.3, -0.25) is 4.72 Å². The van der Waals surface area contributed by atoms with Crippen molar-refractivity contribution in [2.75, 3.05) is 4.72 Å². The van der Waals surface area contributed by atoms with Crippen LogP contribution < -0.4 is 4.72 Å². The summed E-state index contributed by atoms with van der Waals surface area (Å²) in [5, 5.41) is 9.20. The highest BCUT2D eigenvalue weighted by Gasteiger charge is 2.19. The first-order valence-electron chi connectivity index (χ1n) is 6.78. The first-order valence-corrected chi connectivity index (χ1v) is 9.08. The lowest BCUT2D eigenvalue weighted by Crippen LogP contribution is -2.13. The van der Waals surface area contributed by atoms with Crippen LogP contribution in [0.25, 0.3) is 0 Å². The van der Waals surface area contributed by atoms with E-state index in [-0.39, 0.29) is 10.8 Å². The summed E-state index contributed by atoms with van der Waals surface area (Å²) in [6, 6.07) is 9.02. The van der Waals surface area contributed by atoms with Crippen molar-refractivity contribution in [1.82, 2.24) is 0 Å². The van der Waals surface area contributed by atoms with E-state index in [4.69, 9.17) is 0 Å². The van der Waals surface area contributed by atoms with E-state index < -0.39 is 10.0 Å². The Hall–Kier alpha value is -1.37. The van der Waals surface area contributed by atoms with Gasteiger partial charge in [0.05, 0.1) is 12.3 Å². The smallest absolute Gasteiger partial charge is 0.271 e. The Morgan fingerprint density at radius 1 is 1.29 bits per heavy atom. The molecule has 0 radical (unpaired) electrons. The number of aliphatic hydroxyl groups excluding tert-OH is 1. The summed E-state index contributed by atoms with van der Waals surface area (Å²) in [7, 11) is -3.61. The van der Waals surface area contributed by atoms with Gasteiger partial charge in [-0.2, -0.15) is 0 Å². The summed E-state index contributed by atoms with van der Waals surface area (Å²) >= 11 is 1.10. The van der Waals surface area contributed by atoms with Gasteiger partial charge >= 0.3 is 0 Å². The highest BCUT2D eigenvalue weighted by Crippen LogP contribution is 2.28. The SMILES string of the molecule is CCCc1ccccc1NS(=O)(=O)c1cc(C)c(CO)s1. The highest BCUT2D eigenvalue weighted by molar-refractivity contribution is 7.94. The maximum Gasteiger partial charge on any atom is 0.271 e. The molecule has 0 unspecified atom stereocenters. The summed E-state index contributed by atoms with van der Waals surface area (Å²) in [6.45, 7) is 3.71. The molecule has 0 fully saturated rings. The average Bonchev–Trinajstić information content (AvgIpc) is 2.83. The largest absolute Gasteiger partial charge is 0.391 e. The van der Waals surface area contributed by atoms with E-state index >= 15 is 0 Å². The molecule has 2 N–H and O–H groups in total. The van der Waals surface area contributed by atoms with Crippen LogP contribution in [-0.2, 0) is 23.1 Å². The third kappa shape index (κ3) is 3.64. The van der Waals surface area contributed by atoms with Crippen molar-refractivity contribution >= 4 is 27.0 Å². The van der Waals surface area contributed by atoms with Gasteiger partial charge in [-0.1, -0.05) is 31.5 Å². The van der Waals surface area contributed by atoms with Gasteiger partial charge in [-0.25, -0.2) is 8.42 Å². The molecule has 0 spiro atoms. The predicted molar refractivity (Wildman–Crippen MR) is 86.2 cm³/mol. The summed E-state index contributed by atoms with van der Waals surface area (Å²) in [4.78, 5) is 0.678. The molecular formula is C15H19NO3S2. The van der Waals surface area contributed by atoms with Gasteiger partial charge in [0.2, 0.25) is 0 Å². The number of rotatable bonds is 6. The van der Waals surface area contributed by atoms with Crippen LogP contribution in [0.15, 0.2) is 34.5 Å². The van der Waals surface area contributed by atoms with Gasteiger partial charge in [0.15, 0.2) is 0 Å². The lowest BCUT2D eigenvalue weighted by molar-refractivity contribution is 0.285. The maximum atomic E-state index is 12.5. The standard InChI is InChI=1S/C15H19NO3S2/c1-3-6-12-7-4-5-8-13(12)16-21(18,19)15-9-11(2)14(10-17)20-15/h4-5,7-9,16-17H,3,6,10H2,1-2H3. The van der Waals surface area contributed by atoms with Crippen molar-refractivity contribution in [3.05, 3.63) is 46.3 Å². The molecule has 0 bridgehead atoms. The average molecular weight is 325 g/mol. The Morgan fingerprint density at radius 3 is 2.62 bits per heavy atom. The quantitative estimate of drug-likeness (QED) is 0.856. The van der Waals surface area contributed by atoms with Gasteiger partial charge in [-0.05, 0) is 36.6 Å². The molecular weight excluding hydrogens is 306 g/mol. The molecule has 2 rings (SSSR count). The minimum Gasteiger partial charge on any atom is -0.391 e. The van der Waals surface area contributed by atoms with Crippen molar-refractivity contribution in [3.63, 3.8) is 0 Å². The van der Waals surface area contributed by atoms with E-state index in [1.807, 2.05) is 18.2 Å². The summed E-state index contributed by atoms with van der Waals surface area (Å²) in [5.41, 5.74) is 2.40. The molecule has 1 heterocycles.